The summed E-state index contributed by atoms with van der Waals surface area (Å²) in [6.45, 7) is 5.07. The Morgan fingerprint density at radius 1 is 1.19 bits per heavy atom. The van der Waals surface area contributed by atoms with Crippen LogP contribution in [-0.4, -0.2) is 7.11 Å². The fraction of sp³-hybridized carbons (Fsp3) is 0.278. The van der Waals surface area contributed by atoms with E-state index >= 15 is 0 Å². The highest BCUT2D eigenvalue weighted by atomic mass is 16.5. The number of ether oxygens (including phenoxy) is 1. The fourth-order valence-corrected chi connectivity index (χ4v) is 2.15. The van der Waals surface area contributed by atoms with E-state index in [1.807, 2.05) is 12.1 Å². The van der Waals surface area contributed by atoms with Crippen molar-refractivity contribution in [3.63, 3.8) is 0 Å². The van der Waals surface area contributed by atoms with E-state index in [0.717, 1.165) is 11.3 Å². The number of nitrogens with zero attached hydrogens (tertiary/aromatic N) is 1. The molecule has 2 aromatic carbocycles. The van der Waals surface area contributed by atoms with Crippen LogP contribution in [0.15, 0.2) is 42.5 Å². The Hall–Kier alpha value is -2.47. The molecule has 3 heteroatoms. The predicted octanol–water partition coefficient (Wildman–Crippen LogP) is 4.30. The molecular formula is C18H20N2O. The van der Waals surface area contributed by atoms with Gasteiger partial charge in [0, 0.05) is 12.2 Å². The van der Waals surface area contributed by atoms with E-state index in [9.17, 15) is 0 Å². The SMILES string of the molecule is COc1cc(CNc2cccc(C(C)C)c2)ccc1C#N. The minimum Gasteiger partial charge on any atom is -0.495 e. The molecule has 0 aromatic heterocycles. The van der Waals surface area contributed by atoms with Crippen LogP contribution in [0, 0.1) is 11.3 Å². The molecule has 0 spiro atoms. The second kappa shape index (κ2) is 6.81. The molecule has 0 atom stereocenters. The van der Waals surface area contributed by atoms with Crippen molar-refractivity contribution in [1.82, 2.24) is 0 Å². The second-order valence-corrected chi connectivity index (χ2v) is 5.28. The zero-order valence-electron chi connectivity index (χ0n) is 12.7. The fourth-order valence-electron chi connectivity index (χ4n) is 2.15. The summed E-state index contributed by atoms with van der Waals surface area (Å²) in [6.07, 6.45) is 0. The highest BCUT2D eigenvalue weighted by Crippen LogP contribution is 2.21. The average molecular weight is 280 g/mol. The zero-order valence-corrected chi connectivity index (χ0v) is 12.7. The van der Waals surface area contributed by atoms with Gasteiger partial charge in [-0.2, -0.15) is 5.26 Å². The van der Waals surface area contributed by atoms with E-state index in [1.165, 1.54) is 5.56 Å². The van der Waals surface area contributed by atoms with Crippen molar-refractivity contribution in [2.75, 3.05) is 12.4 Å². The molecule has 2 aromatic rings. The number of anilines is 1. The van der Waals surface area contributed by atoms with Crippen LogP contribution in [-0.2, 0) is 6.54 Å². The van der Waals surface area contributed by atoms with Crippen LogP contribution in [0.5, 0.6) is 5.75 Å². The summed E-state index contributed by atoms with van der Waals surface area (Å²) in [7, 11) is 1.58. The first-order valence-electron chi connectivity index (χ1n) is 7.05. The molecule has 3 nitrogen and oxygen atoms in total. The standard InChI is InChI=1S/C18H20N2O/c1-13(2)15-5-4-6-17(10-15)20-12-14-7-8-16(11-19)18(9-14)21-3/h4-10,13,20H,12H2,1-3H3. The van der Waals surface area contributed by atoms with Crippen LogP contribution in [0.3, 0.4) is 0 Å². The van der Waals surface area contributed by atoms with Gasteiger partial charge in [0.1, 0.15) is 11.8 Å². The molecule has 2 rings (SSSR count). The van der Waals surface area contributed by atoms with E-state index in [0.29, 0.717) is 23.8 Å². The molecule has 0 amide bonds. The van der Waals surface area contributed by atoms with Crippen LogP contribution in [0.2, 0.25) is 0 Å². The highest BCUT2D eigenvalue weighted by molar-refractivity contribution is 5.49. The lowest BCUT2D eigenvalue weighted by Gasteiger charge is -2.11. The quantitative estimate of drug-likeness (QED) is 0.888. The van der Waals surface area contributed by atoms with E-state index in [4.69, 9.17) is 10.00 Å². The summed E-state index contributed by atoms with van der Waals surface area (Å²) in [4.78, 5) is 0. The lowest BCUT2D eigenvalue weighted by molar-refractivity contribution is 0.413. The molecule has 21 heavy (non-hydrogen) atoms. The average Bonchev–Trinajstić information content (AvgIpc) is 2.52. The van der Waals surface area contributed by atoms with Gasteiger partial charge < -0.3 is 10.1 Å². The molecule has 0 aliphatic rings. The van der Waals surface area contributed by atoms with Gasteiger partial charge in [-0.3, -0.25) is 0 Å². The highest BCUT2D eigenvalue weighted by Gasteiger charge is 2.04. The summed E-state index contributed by atoms with van der Waals surface area (Å²) in [5.41, 5.74) is 4.06. The van der Waals surface area contributed by atoms with Gasteiger partial charge in [0.05, 0.1) is 12.7 Å². The maximum Gasteiger partial charge on any atom is 0.136 e. The van der Waals surface area contributed by atoms with E-state index < -0.39 is 0 Å². The largest absolute Gasteiger partial charge is 0.495 e. The van der Waals surface area contributed by atoms with Gasteiger partial charge in [0.15, 0.2) is 0 Å². The minimum absolute atomic E-state index is 0.516. The van der Waals surface area contributed by atoms with Gasteiger partial charge in [-0.05, 0) is 41.3 Å². The molecule has 1 N–H and O–H groups in total. The first kappa shape index (κ1) is 14.9. The Kier molecular flexibility index (Phi) is 4.84. The Morgan fingerprint density at radius 2 is 2.00 bits per heavy atom. The smallest absolute Gasteiger partial charge is 0.136 e. The van der Waals surface area contributed by atoms with Crippen LogP contribution >= 0.6 is 0 Å². The first-order chi connectivity index (χ1) is 10.1. The Labute approximate surface area is 126 Å². The lowest BCUT2D eigenvalue weighted by atomic mass is 10.0. The third-order valence-electron chi connectivity index (χ3n) is 3.44. The molecule has 108 valence electrons. The van der Waals surface area contributed by atoms with Crippen molar-refractivity contribution >= 4 is 5.69 Å². The van der Waals surface area contributed by atoms with Gasteiger partial charge in [-0.1, -0.05) is 32.0 Å². The molecule has 0 unspecified atom stereocenters. The van der Waals surface area contributed by atoms with Gasteiger partial charge in [0.2, 0.25) is 0 Å². The Morgan fingerprint density at radius 3 is 2.67 bits per heavy atom. The van der Waals surface area contributed by atoms with Crippen molar-refractivity contribution in [2.45, 2.75) is 26.3 Å². The summed E-state index contributed by atoms with van der Waals surface area (Å²) in [5, 5.41) is 12.4. The third kappa shape index (κ3) is 3.76. The summed E-state index contributed by atoms with van der Waals surface area (Å²) < 4.78 is 5.23. The van der Waals surface area contributed by atoms with Crippen molar-refractivity contribution in [2.24, 2.45) is 0 Å². The summed E-state index contributed by atoms with van der Waals surface area (Å²) in [6, 6.07) is 16.2. The predicted molar refractivity (Wildman–Crippen MR) is 85.6 cm³/mol. The molecule has 0 heterocycles. The topological polar surface area (TPSA) is 45.0 Å². The van der Waals surface area contributed by atoms with Crippen molar-refractivity contribution in [1.29, 1.82) is 5.26 Å². The van der Waals surface area contributed by atoms with Gasteiger partial charge >= 0.3 is 0 Å². The van der Waals surface area contributed by atoms with Gasteiger partial charge in [0.25, 0.3) is 0 Å². The minimum atomic E-state index is 0.516. The Bertz CT molecular complexity index is 657. The Balaban J connectivity index is 2.10. The molecule has 0 bridgehead atoms. The maximum atomic E-state index is 8.99. The second-order valence-electron chi connectivity index (χ2n) is 5.28. The number of methoxy groups -OCH3 is 1. The maximum absolute atomic E-state index is 8.99. The van der Waals surface area contributed by atoms with Gasteiger partial charge in [-0.15, -0.1) is 0 Å². The monoisotopic (exact) mass is 280 g/mol. The van der Waals surface area contributed by atoms with E-state index in [-0.39, 0.29) is 0 Å². The number of hydrogen-bond donors (Lipinski definition) is 1. The molecular weight excluding hydrogens is 260 g/mol. The van der Waals surface area contributed by atoms with Crippen molar-refractivity contribution < 1.29 is 4.74 Å². The first-order valence-corrected chi connectivity index (χ1v) is 7.05. The zero-order chi connectivity index (χ0) is 15.2. The van der Waals surface area contributed by atoms with Crippen molar-refractivity contribution in [3.8, 4) is 11.8 Å². The van der Waals surface area contributed by atoms with Crippen LogP contribution in [0.1, 0.15) is 36.5 Å². The number of nitriles is 1. The van der Waals surface area contributed by atoms with E-state index in [1.54, 1.807) is 13.2 Å². The van der Waals surface area contributed by atoms with Gasteiger partial charge in [-0.25, -0.2) is 0 Å². The van der Waals surface area contributed by atoms with Crippen LogP contribution in [0.4, 0.5) is 5.69 Å². The van der Waals surface area contributed by atoms with Crippen LogP contribution < -0.4 is 10.1 Å². The van der Waals surface area contributed by atoms with E-state index in [2.05, 4.69) is 49.5 Å². The molecule has 0 aliphatic heterocycles. The number of hydrogen-bond acceptors (Lipinski definition) is 3. The van der Waals surface area contributed by atoms with Crippen molar-refractivity contribution in [3.05, 3.63) is 59.2 Å². The normalized spacial score (nSPS) is 10.2. The summed E-state index contributed by atoms with van der Waals surface area (Å²) in [5.74, 6) is 1.13. The molecule has 0 aliphatic carbocycles. The number of rotatable bonds is 5. The third-order valence-corrected chi connectivity index (χ3v) is 3.44. The summed E-state index contributed by atoms with van der Waals surface area (Å²) >= 11 is 0. The number of benzene rings is 2. The lowest BCUT2D eigenvalue weighted by Crippen LogP contribution is -2.01. The molecule has 0 saturated heterocycles. The molecule has 0 fully saturated rings. The number of nitrogens with one attached hydrogen (secondary N) is 1. The molecule has 0 radical (unpaired) electrons. The molecule has 0 saturated carbocycles. The van der Waals surface area contributed by atoms with Crippen LogP contribution in [0.25, 0.3) is 0 Å².